The lowest BCUT2D eigenvalue weighted by molar-refractivity contribution is 0.197. The first-order chi connectivity index (χ1) is 7.95. The topological polar surface area (TPSA) is 63.6 Å². The Morgan fingerprint density at radius 1 is 1.41 bits per heavy atom. The monoisotopic (exact) mass is 254 g/mol. The molecule has 0 aliphatic carbocycles. The summed E-state index contributed by atoms with van der Waals surface area (Å²) in [6.07, 6.45) is 1.06. The van der Waals surface area contributed by atoms with Gasteiger partial charge in [-0.1, -0.05) is 0 Å². The maximum atomic E-state index is 12.1. The second-order valence-corrected chi connectivity index (χ2v) is 6.04. The van der Waals surface area contributed by atoms with Crippen LogP contribution in [0.15, 0.2) is 28.0 Å². The van der Waals surface area contributed by atoms with E-state index in [1.807, 2.05) is 0 Å². The summed E-state index contributed by atoms with van der Waals surface area (Å²) in [4.78, 5) is 0.546. The molecule has 1 aliphatic heterocycles. The predicted molar refractivity (Wildman–Crippen MR) is 64.5 cm³/mol. The van der Waals surface area contributed by atoms with Crippen LogP contribution in [0.25, 0.3) is 6.08 Å². The van der Waals surface area contributed by atoms with Gasteiger partial charge in [-0.3, -0.25) is 0 Å². The van der Waals surface area contributed by atoms with E-state index in [0.29, 0.717) is 11.3 Å². The molecule has 0 saturated carbocycles. The van der Waals surface area contributed by atoms with E-state index in [4.69, 9.17) is 4.74 Å². The average Bonchev–Trinajstić information content (AvgIpc) is 2.49. The fraction of sp³-hybridized carbons (Fsp3) is 0.333. The molecule has 2 rings (SSSR count). The third-order valence-electron chi connectivity index (χ3n) is 2.66. The fourth-order valence-electron chi connectivity index (χ4n) is 1.86. The fourth-order valence-corrected chi connectivity index (χ4v) is 3.56. The Morgan fingerprint density at radius 3 is 2.71 bits per heavy atom. The lowest BCUT2D eigenvalue weighted by Crippen LogP contribution is -2.07. The minimum absolute atomic E-state index is 0.138. The van der Waals surface area contributed by atoms with Crippen LogP contribution in [0.5, 0.6) is 5.75 Å². The van der Waals surface area contributed by atoms with Gasteiger partial charge in [0, 0.05) is 6.42 Å². The number of hydrogen-bond acceptors (Lipinski definition) is 4. The first-order valence-electron chi connectivity index (χ1n) is 5.27. The number of sulfone groups is 1. The minimum Gasteiger partial charge on any atom is -0.497 e. The Kier molecular flexibility index (Phi) is 2.97. The van der Waals surface area contributed by atoms with Gasteiger partial charge in [-0.2, -0.15) is 0 Å². The van der Waals surface area contributed by atoms with Crippen LogP contribution in [0.4, 0.5) is 0 Å². The van der Waals surface area contributed by atoms with Crippen molar-refractivity contribution in [2.45, 2.75) is 24.3 Å². The predicted octanol–water partition coefficient (Wildman–Crippen LogP) is 1.59. The number of ether oxygens (including phenoxy) is 1. The molecular weight excluding hydrogens is 240 g/mol. The van der Waals surface area contributed by atoms with Crippen molar-refractivity contribution in [2.24, 2.45) is 0 Å². The van der Waals surface area contributed by atoms with Crippen molar-refractivity contribution in [2.75, 3.05) is 7.11 Å². The van der Waals surface area contributed by atoms with Gasteiger partial charge in [0.05, 0.1) is 23.0 Å². The lowest BCUT2D eigenvalue weighted by Gasteiger charge is -2.06. The lowest BCUT2D eigenvalue weighted by atomic mass is 10.1. The van der Waals surface area contributed by atoms with Crippen molar-refractivity contribution in [3.8, 4) is 5.75 Å². The molecule has 1 aromatic carbocycles. The first-order valence-corrected chi connectivity index (χ1v) is 6.75. The Hall–Kier alpha value is -1.33. The molecule has 0 bridgehead atoms. The number of methoxy groups -OCH3 is 1. The molecular formula is C12H14O4S. The van der Waals surface area contributed by atoms with Gasteiger partial charge in [-0.25, -0.2) is 8.42 Å². The molecule has 1 aromatic rings. The molecule has 4 nitrogen and oxygen atoms in total. The molecule has 92 valence electrons. The largest absolute Gasteiger partial charge is 0.497 e. The van der Waals surface area contributed by atoms with Crippen LogP contribution in [0.2, 0.25) is 0 Å². The zero-order chi connectivity index (χ0) is 12.6. The van der Waals surface area contributed by atoms with Gasteiger partial charge in [-0.15, -0.1) is 0 Å². The third kappa shape index (κ3) is 2.08. The van der Waals surface area contributed by atoms with Crippen molar-refractivity contribution in [1.82, 2.24) is 0 Å². The summed E-state index contributed by atoms with van der Waals surface area (Å²) in [5.74, 6) is 0.619. The highest BCUT2D eigenvalue weighted by atomic mass is 32.2. The van der Waals surface area contributed by atoms with Crippen molar-refractivity contribution in [3.05, 3.63) is 28.7 Å². The molecule has 0 saturated heterocycles. The van der Waals surface area contributed by atoms with E-state index in [0.717, 1.165) is 0 Å². The molecule has 0 aromatic heterocycles. The van der Waals surface area contributed by atoms with Gasteiger partial charge >= 0.3 is 0 Å². The summed E-state index contributed by atoms with van der Waals surface area (Å²) >= 11 is 0. The average molecular weight is 254 g/mol. The van der Waals surface area contributed by atoms with Crippen LogP contribution in [0.1, 0.15) is 18.9 Å². The Morgan fingerprint density at radius 2 is 2.12 bits per heavy atom. The molecule has 0 spiro atoms. The summed E-state index contributed by atoms with van der Waals surface area (Å²) in [6.45, 7) is 1.57. The summed E-state index contributed by atoms with van der Waals surface area (Å²) in [5, 5.41) is 9.29. The van der Waals surface area contributed by atoms with Crippen LogP contribution in [-0.2, 0) is 9.84 Å². The summed E-state index contributed by atoms with van der Waals surface area (Å²) in [6, 6.07) is 4.84. The molecule has 1 N–H and O–H groups in total. The van der Waals surface area contributed by atoms with Crippen molar-refractivity contribution >= 4 is 15.9 Å². The molecule has 17 heavy (non-hydrogen) atoms. The van der Waals surface area contributed by atoms with Crippen LogP contribution in [0, 0.1) is 0 Å². The van der Waals surface area contributed by atoms with Gasteiger partial charge in [0.1, 0.15) is 5.75 Å². The van der Waals surface area contributed by atoms with Crippen LogP contribution >= 0.6 is 0 Å². The normalized spacial score (nSPS) is 18.4. The van der Waals surface area contributed by atoms with Crippen molar-refractivity contribution in [3.63, 3.8) is 0 Å². The molecule has 1 atom stereocenters. The van der Waals surface area contributed by atoms with E-state index in [-0.39, 0.29) is 16.2 Å². The third-order valence-corrected chi connectivity index (χ3v) is 4.59. The van der Waals surface area contributed by atoms with E-state index in [2.05, 4.69) is 0 Å². The van der Waals surface area contributed by atoms with E-state index in [1.54, 1.807) is 25.1 Å². The molecule has 1 aliphatic rings. The zero-order valence-electron chi connectivity index (χ0n) is 9.67. The molecule has 0 radical (unpaired) electrons. The maximum absolute atomic E-state index is 12.1. The number of fused-ring (bicyclic) bond motifs is 1. The summed E-state index contributed by atoms with van der Waals surface area (Å²) in [7, 11) is -1.89. The van der Waals surface area contributed by atoms with Gasteiger partial charge in [0.25, 0.3) is 0 Å². The van der Waals surface area contributed by atoms with E-state index in [1.165, 1.54) is 13.2 Å². The quantitative estimate of drug-likeness (QED) is 0.889. The molecule has 5 heteroatoms. The van der Waals surface area contributed by atoms with Gasteiger partial charge in [-0.05, 0) is 36.8 Å². The summed E-state index contributed by atoms with van der Waals surface area (Å²) < 4.78 is 29.2. The number of hydrogen-bond donors (Lipinski definition) is 1. The zero-order valence-corrected chi connectivity index (χ0v) is 10.5. The number of aliphatic hydroxyl groups excluding tert-OH is 1. The van der Waals surface area contributed by atoms with Crippen LogP contribution in [-0.4, -0.2) is 26.7 Å². The van der Waals surface area contributed by atoms with Crippen LogP contribution in [0.3, 0.4) is 0 Å². The molecule has 0 fully saturated rings. The smallest absolute Gasteiger partial charge is 0.203 e. The van der Waals surface area contributed by atoms with Crippen molar-refractivity contribution < 1.29 is 18.3 Å². The van der Waals surface area contributed by atoms with E-state index in [9.17, 15) is 13.5 Å². The highest BCUT2D eigenvalue weighted by molar-refractivity contribution is 7.95. The van der Waals surface area contributed by atoms with Gasteiger partial charge in [0.15, 0.2) is 0 Å². The van der Waals surface area contributed by atoms with Crippen molar-refractivity contribution in [1.29, 1.82) is 0 Å². The highest BCUT2D eigenvalue weighted by Gasteiger charge is 2.30. The van der Waals surface area contributed by atoms with E-state index >= 15 is 0 Å². The molecule has 1 heterocycles. The standard InChI is InChI=1S/C12H14O4S/c1-8(13)5-11-7-9-6-10(16-2)3-4-12(9)17(11,14)15/h3-4,6-8,13H,5H2,1-2H3. The molecule has 1 unspecified atom stereocenters. The van der Waals surface area contributed by atoms with Gasteiger partial charge < -0.3 is 9.84 Å². The number of benzene rings is 1. The first kappa shape index (κ1) is 12.1. The van der Waals surface area contributed by atoms with Crippen LogP contribution < -0.4 is 4.74 Å². The SMILES string of the molecule is COc1ccc2c(c1)C=C(CC(C)O)S2(=O)=O. The molecule has 0 amide bonds. The Labute approximate surface area is 100 Å². The second kappa shape index (κ2) is 4.16. The Balaban J connectivity index is 2.49. The number of rotatable bonds is 3. The summed E-state index contributed by atoms with van der Waals surface area (Å²) in [5.41, 5.74) is 0.625. The Bertz CT molecular complexity index is 570. The minimum atomic E-state index is -3.42. The van der Waals surface area contributed by atoms with E-state index < -0.39 is 15.9 Å². The van der Waals surface area contributed by atoms with Gasteiger partial charge in [0.2, 0.25) is 9.84 Å². The maximum Gasteiger partial charge on any atom is 0.203 e. The second-order valence-electron chi connectivity index (χ2n) is 4.07. The highest BCUT2D eigenvalue weighted by Crippen LogP contribution is 2.36. The number of aliphatic hydroxyl groups is 1.